The first-order valence-corrected chi connectivity index (χ1v) is 4.54. The first kappa shape index (κ1) is 9.28. The van der Waals surface area contributed by atoms with Crippen molar-refractivity contribution in [1.29, 1.82) is 5.39 Å². The summed E-state index contributed by atoms with van der Waals surface area (Å²) in [5, 5.41) is 21.2. The van der Waals surface area contributed by atoms with Gasteiger partial charge in [0.1, 0.15) is 0 Å². The molecular weight excluding hydrogens is 190 g/mol. The van der Waals surface area contributed by atoms with E-state index in [9.17, 15) is 5.11 Å². The highest BCUT2D eigenvalue weighted by Gasteiger charge is 2.19. The Hall–Kier alpha value is -2.28. The molecular formula is C11H9N3O. The Morgan fingerprint density at radius 2 is 2.20 bits per heavy atom. The van der Waals surface area contributed by atoms with Crippen molar-refractivity contribution in [3.05, 3.63) is 41.9 Å². The zero-order valence-electron chi connectivity index (χ0n) is 8.05. The summed E-state index contributed by atoms with van der Waals surface area (Å²) in [6.07, 6.45) is 1.63. The van der Waals surface area contributed by atoms with Crippen LogP contribution in [-0.2, 0) is 6.54 Å². The minimum atomic E-state index is -0.293. The quantitative estimate of drug-likeness (QED) is 0.550. The number of hydrogen-bond acceptors (Lipinski definition) is 2. The molecule has 0 spiro atoms. The molecule has 0 bridgehead atoms. The van der Waals surface area contributed by atoms with Crippen LogP contribution in [0.15, 0.2) is 36.9 Å². The smallest absolute Gasteiger partial charge is 0.402 e. The van der Waals surface area contributed by atoms with Crippen LogP contribution in [0, 0.1) is 5.39 Å². The molecule has 1 aromatic heterocycles. The van der Waals surface area contributed by atoms with E-state index in [4.69, 9.17) is 5.39 Å². The van der Waals surface area contributed by atoms with E-state index in [1.54, 1.807) is 18.2 Å². The van der Waals surface area contributed by atoms with Gasteiger partial charge in [-0.15, -0.1) is 6.58 Å². The van der Waals surface area contributed by atoms with Gasteiger partial charge in [0.15, 0.2) is 4.98 Å². The minimum Gasteiger partial charge on any atom is -0.854 e. The Morgan fingerprint density at radius 1 is 1.47 bits per heavy atom. The second-order valence-corrected chi connectivity index (χ2v) is 3.17. The number of allylic oxidation sites excluding steroid dienone is 1. The highest BCUT2D eigenvalue weighted by atomic mass is 16.3. The lowest BCUT2D eigenvalue weighted by molar-refractivity contribution is -0.276. The first-order valence-electron chi connectivity index (χ1n) is 4.54. The number of rotatable bonds is 2. The Morgan fingerprint density at radius 3 is 2.87 bits per heavy atom. The zero-order chi connectivity index (χ0) is 10.8. The molecule has 0 saturated carbocycles. The lowest BCUT2D eigenvalue weighted by Gasteiger charge is -2.07. The van der Waals surface area contributed by atoms with Gasteiger partial charge in [-0.25, -0.2) is 0 Å². The Kier molecular flexibility index (Phi) is 2.14. The van der Waals surface area contributed by atoms with E-state index in [1.807, 2.05) is 12.1 Å². The molecule has 0 atom stereocenters. The van der Waals surface area contributed by atoms with Gasteiger partial charge in [0, 0.05) is 6.54 Å². The molecule has 2 rings (SSSR count). The fraction of sp³-hybridized carbons (Fsp3) is 0.0909. The molecule has 0 aliphatic rings. The Balaban J connectivity index is 2.85. The normalized spacial score (nSPS) is 10.1. The van der Waals surface area contributed by atoms with Crippen molar-refractivity contribution in [2.75, 3.05) is 0 Å². The van der Waals surface area contributed by atoms with E-state index >= 15 is 0 Å². The van der Waals surface area contributed by atoms with E-state index in [-0.39, 0.29) is 11.6 Å². The summed E-state index contributed by atoms with van der Waals surface area (Å²) in [7, 11) is 0. The molecule has 0 aliphatic heterocycles. The lowest BCUT2D eigenvalue weighted by Crippen LogP contribution is -2.02. The highest BCUT2D eigenvalue weighted by molar-refractivity contribution is 5.96. The van der Waals surface area contributed by atoms with Gasteiger partial charge in [-0.1, -0.05) is 18.2 Å². The van der Waals surface area contributed by atoms with E-state index < -0.39 is 0 Å². The van der Waals surface area contributed by atoms with Crippen molar-refractivity contribution in [3.8, 4) is 5.88 Å². The number of benzene rings is 1. The molecule has 15 heavy (non-hydrogen) atoms. The average molecular weight is 199 g/mol. The largest absolute Gasteiger partial charge is 0.854 e. The molecule has 0 aliphatic carbocycles. The van der Waals surface area contributed by atoms with Crippen molar-refractivity contribution in [2.45, 2.75) is 6.54 Å². The number of diazo groups is 1. The summed E-state index contributed by atoms with van der Waals surface area (Å²) in [6, 6.07) is 7.21. The molecule has 0 fully saturated rings. The van der Waals surface area contributed by atoms with Crippen LogP contribution >= 0.6 is 0 Å². The topological polar surface area (TPSA) is 56.1 Å². The van der Waals surface area contributed by atoms with Gasteiger partial charge in [-0.2, -0.15) is 0 Å². The van der Waals surface area contributed by atoms with Gasteiger partial charge in [0.25, 0.3) is 0 Å². The monoisotopic (exact) mass is 199 g/mol. The fourth-order valence-electron chi connectivity index (χ4n) is 1.67. The highest BCUT2D eigenvalue weighted by Crippen LogP contribution is 2.36. The third-order valence-corrected chi connectivity index (χ3v) is 2.31. The van der Waals surface area contributed by atoms with Gasteiger partial charge < -0.3 is 9.67 Å². The van der Waals surface area contributed by atoms with Crippen molar-refractivity contribution in [2.24, 2.45) is 0 Å². The van der Waals surface area contributed by atoms with Gasteiger partial charge in [-0.3, -0.25) is 0 Å². The van der Waals surface area contributed by atoms with Crippen molar-refractivity contribution < 1.29 is 5.11 Å². The number of fused-ring (bicyclic) bond motifs is 1. The van der Waals surface area contributed by atoms with Gasteiger partial charge in [-0.05, 0) is 12.1 Å². The van der Waals surface area contributed by atoms with Crippen LogP contribution in [0.5, 0.6) is 5.88 Å². The number of aromatic nitrogens is 1. The lowest BCUT2D eigenvalue weighted by atomic mass is 10.2. The average Bonchev–Trinajstić information content (AvgIpc) is 2.53. The predicted octanol–water partition coefficient (Wildman–Crippen LogP) is 2.39. The Labute approximate surface area is 86.7 Å². The molecule has 1 aromatic carbocycles. The van der Waals surface area contributed by atoms with Crippen molar-refractivity contribution >= 4 is 16.6 Å². The molecule has 0 amide bonds. The Bertz CT molecular complexity index is 563. The van der Waals surface area contributed by atoms with Gasteiger partial charge >= 0.3 is 5.69 Å². The van der Waals surface area contributed by atoms with E-state index in [0.29, 0.717) is 11.9 Å². The standard InChI is InChI=1S/C11H9N3O/c1-2-7-14-9-6-4-3-5-8(9)10(13-12)11(14)15/h2-6H,1,7H2. The maximum Gasteiger partial charge on any atom is 0.402 e. The zero-order valence-corrected chi connectivity index (χ0v) is 8.05. The van der Waals surface area contributed by atoms with Crippen molar-refractivity contribution in [3.63, 3.8) is 0 Å². The minimum absolute atomic E-state index is 0.0902. The summed E-state index contributed by atoms with van der Waals surface area (Å²) < 4.78 is 1.53. The van der Waals surface area contributed by atoms with Crippen LogP contribution < -0.4 is 5.11 Å². The van der Waals surface area contributed by atoms with Crippen LogP contribution in [0.2, 0.25) is 0 Å². The van der Waals surface area contributed by atoms with E-state index in [1.165, 1.54) is 4.57 Å². The first-order chi connectivity index (χ1) is 7.29. The van der Waals surface area contributed by atoms with Gasteiger partial charge in [0.2, 0.25) is 5.39 Å². The SMILES string of the molecule is C=CCn1c([O-])c([N+]#N)c2ccccc21. The summed E-state index contributed by atoms with van der Waals surface area (Å²) in [4.78, 5) is 3.03. The number of nitrogens with zero attached hydrogens (tertiary/aromatic N) is 3. The fourth-order valence-corrected chi connectivity index (χ4v) is 1.67. The van der Waals surface area contributed by atoms with Crippen LogP contribution in [-0.4, -0.2) is 4.57 Å². The number of para-hydroxylation sites is 1. The molecule has 0 N–H and O–H groups in total. The molecule has 74 valence electrons. The molecule has 2 aromatic rings. The van der Waals surface area contributed by atoms with Crippen molar-refractivity contribution in [1.82, 2.24) is 4.57 Å². The second-order valence-electron chi connectivity index (χ2n) is 3.17. The summed E-state index contributed by atoms with van der Waals surface area (Å²) >= 11 is 0. The van der Waals surface area contributed by atoms with E-state index in [0.717, 1.165) is 5.52 Å². The predicted molar refractivity (Wildman–Crippen MR) is 56.3 cm³/mol. The third-order valence-electron chi connectivity index (χ3n) is 2.31. The second kappa shape index (κ2) is 3.46. The molecule has 1 heterocycles. The van der Waals surface area contributed by atoms with Crippen LogP contribution in [0.25, 0.3) is 15.9 Å². The van der Waals surface area contributed by atoms with Crippen LogP contribution in [0.4, 0.5) is 5.69 Å². The van der Waals surface area contributed by atoms with Crippen LogP contribution in [0.1, 0.15) is 0 Å². The molecule has 0 saturated heterocycles. The maximum absolute atomic E-state index is 11.8. The third kappa shape index (κ3) is 1.25. The van der Waals surface area contributed by atoms with E-state index in [2.05, 4.69) is 11.6 Å². The molecule has 0 radical (unpaired) electrons. The summed E-state index contributed by atoms with van der Waals surface area (Å²) in [6.45, 7) is 4.00. The van der Waals surface area contributed by atoms with Gasteiger partial charge in [0.05, 0.1) is 16.8 Å². The molecule has 4 nitrogen and oxygen atoms in total. The van der Waals surface area contributed by atoms with Crippen LogP contribution in [0.3, 0.4) is 0 Å². The molecule has 4 heteroatoms. The summed E-state index contributed by atoms with van der Waals surface area (Å²) in [5.74, 6) is -0.293. The summed E-state index contributed by atoms with van der Waals surface area (Å²) in [5.41, 5.74) is 0.850. The number of hydrogen-bond donors (Lipinski definition) is 0. The maximum atomic E-state index is 11.8. The molecule has 0 unspecified atom stereocenters.